The van der Waals surface area contributed by atoms with Crippen LogP contribution in [0.15, 0.2) is 22.6 Å². The Bertz CT molecular complexity index is 535. The van der Waals surface area contributed by atoms with Crippen molar-refractivity contribution in [3.63, 3.8) is 0 Å². The van der Waals surface area contributed by atoms with Gasteiger partial charge in [-0.05, 0) is 0 Å². The zero-order chi connectivity index (χ0) is 11.7. The van der Waals surface area contributed by atoms with Crippen molar-refractivity contribution in [3.8, 4) is 0 Å². The second kappa shape index (κ2) is 4.25. The summed E-state index contributed by atoms with van der Waals surface area (Å²) in [5.74, 6) is 0.450. The van der Waals surface area contributed by atoms with Crippen molar-refractivity contribution < 1.29 is 0 Å². The van der Waals surface area contributed by atoms with Crippen molar-refractivity contribution in [2.45, 2.75) is 26.3 Å². The molecular formula is C11H15N3OS. The number of rotatable bonds is 3. The number of thiazole rings is 1. The fourth-order valence-corrected chi connectivity index (χ4v) is 2.29. The molecule has 0 aliphatic carbocycles. The maximum absolute atomic E-state index is 11.6. The van der Waals surface area contributed by atoms with Crippen LogP contribution >= 0.6 is 11.3 Å². The Balaban J connectivity index is 2.21. The van der Waals surface area contributed by atoms with Crippen molar-refractivity contribution in [1.29, 1.82) is 0 Å². The quantitative estimate of drug-likeness (QED) is 0.817. The molecule has 0 saturated carbocycles. The molecule has 0 fully saturated rings. The fourth-order valence-electron chi connectivity index (χ4n) is 1.47. The molecular weight excluding hydrogens is 222 g/mol. The lowest BCUT2D eigenvalue weighted by molar-refractivity contribution is 0.702. The van der Waals surface area contributed by atoms with Gasteiger partial charge in [0.05, 0.1) is 17.2 Å². The molecule has 0 atom stereocenters. The van der Waals surface area contributed by atoms with E-state index in [1.807, 2.05) is 5.38 Å². The van der Waals surface area contributed by atoms with Gasteiger partial charge in [0.15, 0.2) is 0 Å². The minimum atomic E-state index is -0.000836. The van der Waals surface area contributed by atoms with E-state index >= 15 is 0 Å². The molecule has 16 heavy (non-hydrogen) atoms. The summed E-state index contributed by atoms with van der Waals surface area (Å²) in [6, 6.07) is 0. The Morgan fingerprint density at radius 3 is 2.69 bits per heavy atom. The number of imidazole rings is 1. The first-order chi connectivity index (χ1) is 7.58. The molecule has 0 aromatic carbocycles. The Hall–Kier alpha value is -1.36. The Morgan fingerprint density at radius 1 is 1.44 bits per heavy atom. The maximum Gasteiger partial charge on any atom is 0.328 e. The predicted octanol–water partition coefficient (Wildman–Crippen LogP) is 1.81. The van der Waals surface area contributed by atoms with E-state index in [1.54, 1.807) is 39.9 Å². The first kappa shape index (κ1) is 11.1. The molecule has 2 heterocycles. The first-order valence-electron chi connectivity index (χ1n) is 5.24. The van der Waals surface area contributed by atoms with Gasteiger partial charge in [0, 0.05) is 30.7 Å². The number of aromatic nitrogens is 3. The van der Waals surface area contributed by atoms with Gasteiger partial charge in [0.2, 0.25) is 0 Å². The molecule has 86 valence electrons. The summed E-state index contributed by atoms with van der Waals surface area (Å²) in [5, 5.41) is 3.15. The van der Waals surface area contributed by atoms with Crippen LogP contribution in [0.25, 0.3) is 0 Å². The standard InChI is InChI=1S/C11H15N3OS/c1-8(2)10-12-9(7-16-10)6-14-5-4-13(3)11(14)15/h4-5,7-8H,6H2,1-3H3. The van der Waals surface area contributed by atoms with E-state index in [0.29, 0.717) is 12.5 Å². The molecule has 2 rings (SSSR count). The summed E-state index contributed by atoms with van der Waals surface area (Å²) in [4.78, 5) is 16.1. The summed E-state index contributed by atoms with van der Waals surface area (Å²) < 4.78 is 3.23. The van der Waals surface area contributed by atoms with Crippen LogP contribution in [-0.2, 0) is 13.6 Å². The van der Waals surface area contributed by atoms with Crippen LogP contribution in [-0.4, -0.2) is 14.1 Å². The van der Waals surface area contributed by atoms with Crippen molar-refractivity contribution in [3.05, 3.63) is 39.0 Å². The molecule has 0 radical (unpaired) electrons. The lowest BCUT2D eigenvalue weighted by Crippen LogP contribution is -2.22. The second-order valence-electron chi connectivity index (χ2n) is 4.15. The van der Waals surface area contributed by atoms with Crippen molar-refractivity contribution >= 4 is 11.3 Å². The smallest absolute Gasteiger partial charge is 0.302 e. The van der Waals surface area contributed by atoms with Crippen LogP contribution in [0.2, 0.25) is 0 Å². The lowest BCUT2D eigenvalue weighted by atomic mass is 10.2. The van der Waals surface area contributed by atoms with Gasteiger partial charge in [0.1, 0.15) is 0 Å². The van der Waals surface area contributed by atoms with Gasteiger partial charge in [-0.2, -0.15) is 0 Å². The minimum Gasteiger partial charge on any atom is -0.302 e. The van der Waals surface area contributed by atoms with E-state index in [4.69, 9.17) is 0 Å². The summed E-state index contributed by atoms with van der Waals surface area (Å²) >= 11 is 1.66. The molecule has 2 aromatic heterocycles. The average Bonchev–Trinajstić information content (AvgIpc) is 2.81. The lowest BCUT2D eigenvalue weighted by Gasteiger charge is -1.98. The Labute approximate surface area is 98.2 Å². The van der Waals surface area contributed by atoms with Crippen LogP contribution in [0.5, 0.6) is 0 Å². The predicted molar refractivity (Wildman–Crippen MR) is 65.0 cm³/mol. The Kier molecular flexibility index (Phi) is 2.96. The molecule has 2 aromatic rings. The topological polar surface area (TPSA) is 39.8 Å². The van der Waals surface area contributed by atoms with E-state index in [1.165, 1.54) is 0 Å². The third kappa shape index (κ3) is 2.09. The van der Waals surface area contributed by atoms with E-state index in [-0.39, 0.29) is 5.69 Å². The number of hydrogen-bond acceptors (Lipinski definition) is 3. The van der Waals surface area contributed by atoms with Crippen LogP contribution in [0, 0.1) is 0 Å². The molecule has 0 bridgehead atoms. The van der Waals surface area contributed by atoms with Crippen molar-refractivity contribution in [1.82, 2.24) is 14.1 Å². The summed E-state index contributed by atoms with van der Waals surface area (Å²) in [6.07, 6.45) is 3.55. The van der Waals surface area contributed by atoms with Gasteiger partial charge in [-0.3, -0.25) is 4.57 Å². The highest BCUT2D eigenvalue weighted by molar-refractivity contribution is 7.09. The van der Waals surface area contributed by atoms with Crippen molar-refractivity contribution in [2.24, 2.45) is 7.05 Å². The largest absolute Gasteiger partial charge is 0.328 e. The van der Waals surface area contributed by atoms with Crippen LogP contribution in [0.4, 0.5) is 0 Å². The second-order valence-corrected chi connectivity index (χ2v) is 5.04. The van der Waals surface area contributed by atoms with Crippen LogP contribution in [0.3, 0.4) is 0 Å². The fraction of sp³-hybridized carbons (Fsp3) is 0.455. The SMILES string of the molecule is CC(C)c1nc(Cn2ccn(C)c2=O)cs1. The third-order valence-corrected chi connectivity index (χ3v) is 3.61. The summed E-state index contributed by atoms with van der Waals surface area (Å²) in [6.45, 7) is 4.80. The molecule has 0 spiro atoms. The monoisotopic (exact) mass is 237 g/mol. The number of nitrogens with zero attached hydrogens (tertiary/aromatic N) is 3. The molecule has 0 saturated heterocycles. The van der Waals surface area contributed by atoms with E-state index < -0.39 is 0 Å². The third-order valence-electron chi connectivity index (χ3n) is 2.41. The number of aryl methyl sites for hydroxylation is 1. The summed E-state index contributed by atoms with van der Waals surface area (Å²) in [5.41, 5.74) is 0.959. The van der Waals surface area contributed by atoms with Crippen LogP contribution < -0.4 is 5.69 Å². The van der Waals surface area contributed by atoms with Gasteiger partial charge in [-0.1, -0.05) is 13.8 Å². The minimum absolute atomic E-state index is 0.000836. The van der Waals surface area contributed by atoms with E-state index in [2.05, 4.69) is 18.8 Å². The van der Waals surface area contributed by atoms with Gasteiger partial charge >= 0.3 is 5.69 Å². The van der Waals surface area contributed by atoms with Gasteiger partial charge in [-0.25, -0.2) is 9.78 Å². The highest BCUT2D eigenvalue weighted by Gasteiger charge is 2.07. The molecule has 5 heteroatoms. The molecule has 4 nitrogen and oxygen atoms in total. The zero-order valence-corrected chi connectivity index (χ0v) is 10.5. The normalized spacial score (nSPS) is 11.2. The van der Waals surface area contributed by atoms with E-state index in [0.717, 1.165) is 10.7 Å². The molecule has 0 N–H and O–H groups in total. The summed E-state index contributed by atoms with van der Waals surface area (Å²) in [7, 11) is 1.75. The molecule has 0 aliphatic rings. The Morgan fingerprint density at radius 2 is 2.19 bits per heavy atom. The van der Waals surface area contributed by atoms with E-state index in [9.17, 15) is 4.79 Å². The van der Waals surface area contributed by atoms with Gasteiger partial charge < -0.3 is 4.57 Å². The van der Waals surface area contributed by atoms with Gasteiger partial charge in [0.25, 0.3) is 0 Å². The van der Waals surface area contributed by atoms with Gasteiger partial charge in [-0.15, -0.1) is 11.3 Å². The molecule has 0 amide bonds. The number of hydrogen-bond donors (Lipinski definition) is 0. The zero-order valence-electron chi connectivity index (χ0n) is 9.67. The van der Waals surface area contributed by atoms with Crippen LogP contribution in [0.1, 0.15) is 30.5 Å². The highest BCUT2D eigenvalue weighted by atomic mass is 32.1. The molecule has 0 unspecified atom stereocenters. The average molecular weight is 237 g/mol. The first-order valence-corrected chi connectivity index (χ1v) is 6.12. The molecule has 0 aliphatic heterocycles. The maximum atomic E-state index is 11.6. The van der Waals surface area contributed by atoms with Crippen molar-refractivity contribution in [2.75, 3.05) is 0 Å². The highest BCUT2D eigenvalue weighted by Crippen LogP contribution is 2.19.